The van der Waals surface area contributed by atoms with Crippen LogP contribution in [0.1, 0.15) is 42.1 Å². The second-order valence-electron chi connectivity index (χ2n) is 5.85. The minimum Gasteiger partial charge on any atom is -0.508 e. The summed E-state index contributed by atoms with van der Waals surface area (Å²) in [7, 11) is 0. The molecule has 6 nitrogen and oxygen atoms in total. The summed E-state index contributed by atoms with van der Waals surface area (Å²) in [6, 6.07) is 2.44. The number of phenols is 2. The molecule has 4 N–H and O–H groups in total. The molecule has 6 heteroatoms. The Hall–Kier alpha value is -2.31. The van der Waals surface area contributed by atoms with Gasteiger partial charge in [0, 0.05) is 12.5 Å². The molecule has 0 saturated heterocycles. The van der Waals surface area contributed by atoms with E-state index >= 15 is 0 Å². The molecule has 0 bridgehead atoms. The van der Waals surface area contributed by atoms with Gasteiger partial charge in [-0.15, -0.1) is 0 Å². The zero-order valence-electron chi connectivity index (χ0n) is 13.4. The normalized spacial score (nSPS) is 25.6. The summed E-state index contributed by atoms with van der Waals surface area (Å²) in [5, 5.41) is 39.3. The fourth-order valence-electron chi connectivity index (χ4n) is 2.46. The average molecular weight is 334 g/mol. The van der Waals surface area contributed by atoms with Crippen molar-refractivity contribution in [1.82, 2.24) is 0 Å². The van der Waals surface area contributed by atoms with E-state index in [0.717, 1.165) is 6.07 Å². The fraction of sp³-hybridized carbons (Fsp3) is 0.389. The lowest BCUT2D eigenvalue weighted by Crippen LogP contribution is -2.23. The van der Waals surface area contributed by atoms with Crippen molar-refractivity contribution < 1.29 is 30.0 Å². The maximum Gasteiger partial charge on any atom is 0.342 e. The summed E-state index contributed by atoms with van der Waals surface area (Å²) in [6.07, 6.45) is 5.18. The molecule has 1 aliphatic rings. The van der Waals surface area contributed by atoms with Crippen LogP contribution in [0.2, 0.25) is 0 Å². The SMILES string of the molecule is C[C@H]1CC=C[C@H](O)[C@H](O)CCC=Cc2cc(O)cc(O)c2C(=O)O1. The summed E-state index contributed by atoms with van der Waals surface area (Å²) >= 11 is 0. The highest BCUT2D eigenvalue weighted by atomic mass is 16.5. The number of fused-ring (bicyclic) bond motifs is 1. The van der Waals surface area contributed by atoms with Crippen LogP contribution in [0, 0.1) is 0 Å². The van der Waals surface area contributed by atoms with Crippen LogP contribution in [-0.2, 0) is 4.74 Å². The zero-order chi connectivity index (χ0) is 17.7. The van der Waals surface area contributed by atoms with Crippen molar-refractivity contribution in [3.63, 3.8) is 0 Å². The molecule has 130 valence electrons. The molecular formula is C18H22O6. The second kappa shape index (κ2) is 7.99. The van der Waals surface area contributed by atoms with Crippen LogP contribution in [-0.4, -0.2) is 44.7 Å². The number of carbonyl (C=O) groups excluding carboxylic acids is 1. The van der Waals surface area contributed by atoms with Crippen molar-refractivity contribution in [2.24, 2.45) is 0 Å². The van der Waals surface area contributed by atoms with Gasteiger partial charge in [-0.05, 0) is 31.4 Å². The van der Waals surface area contributed by atoms with E-state index in [1.165, 1.54) is 12.1 Å². The Morgan fingerprint density at radius 1 is 1.17 bits per heavy atom. The number of hydrogen-bond acceptors (Lipinski definition) is 6. The van der Waals surface area contributed by atoms with Gasteiger partial charge in [0.25, 0.3) is 0 Å². The third-order valence-corrected chi connectivity index (χ3v) is 3.77. The smallest absolute Gasteiger partial charge is 0.342 e. The summed E-state index contributed by atoms with van der Waals surface area (Å²) in [5.41, 5.74) is 0.310. The Balaban J connectivity index is 2.36. The predicted molar refractivity (Wildman–Crippen MR) is 88.7 cm³/mol. The van der Waals surface area contributed by atoms with E-state index in [2.05, 4.69) is 0 Å². The Labute approximate surface area is 140 Å². The Morgan fingerprint density at radius 3 is 2.67 bits per heavy atom. The van der Waals surface area contributed by atoms with Crippen molar-refractivity contribution in [1.29, 1.82) is 0 Å². The highest BCUT2D eigenvalue weighted by molar-refractivity contribution is 5.97. The van der Waals surface area contributed by atoms with Gasteiger partial charge >= 0.3 is 5.97 Å². The lowest BCUT2D eigenvalue weighted by Gasteiger charge is -2.16. The van der Waals surface area contributed by atoms with Crippen LogP contribution >= 0.6 is 0 Å². The minimum absolute atomic E-state index is 0.0162. The van der Waals surface area contributed by atoms with Crippen molar-refractivity contribution >= 4 is 12.0 Å². The molecule has 2 rings (SSSR count). The minimum atomic E-state index is -0.982. The number of allylic oxidation sites excluding steroid dienone is 1. The summed E-state index contributed by atoms with van der Waals surface area (Å²) in [5.74, 6) is -1.22. The molecule has 1 aliphatic heterocycles. The zero-order valence-corrected chi connectivity index (χ0v) is 13.4. The molecule has 1 heterocycles. The molecule has 1 aromatic carbocycles. The van der Waals surface area contributed by atoms with Crippen LogP contribution in [0.5, 0.6) is 11.5 Å². The first kappa shape index (κ1) is 18.0. The number of benzene rings is 1. The molecular weight excluding hydrogens is 312 g/mol. The van der Waals surface area contributed by atoms with Crippen molar-refractivity contribution in [2.45, 2.75) is 44.5 Å². The first-order valence-electron chi connectivity index (χ1n) is 7.84. The van der Waals surface area contributed by atoms with E-state index in [0.29, 0.717) is 24.8 Å². The maximum atomic E-state index is 12.3. The number of cyclic esters (lactones) is 1. The van der Waals surface area contributed by atoms with E-state index in [9.17, 15) is 25.2 Å². The molecule has 0 amide bonds. The van der Waals surface area contributed by atoms with Gasteiger partial charge in [-0.2, -0.15) is 0 Å². The van der Waals surface area contributed by atoms with E-state index < -0.39 is 24.3 Å². The van der Waals surface area contributed by atoms with Crippen LogP contribution in [0.4, 0.5) is 0 Å². The largest absolute Gasteiger partial charge is 0.508 e. The summed E-state index contributed by atoms with van der Waals surface area (Å²) < 4.78 is 5.29. The van der Waals surface area contributed by atoms with Gasteiger partial charge in [0.05, 0.1) is 12.2 Å². The average Bonchev–Trinajstić information content (AvgIpc) is 2.49. The predicted octanol–water partition coefficient (Wildman–Crippen LogP) is 2.12. The van der Waals surface area contributed by atoms with Gasteiger partial charge in [0.2, 0.25) is 0 Å². The number of aromatic hydroxyl groups is 2. The lowest BCUT2D eigenvalue weighted by molar-refractivity contribution is 0.0337. The molecule has 0 spiro atoms. The Bertz CT molecular complexity index is 649. The molecule has 24 heavy (non-hydrogen) atoms. The lowest BCUT2D eigenvalue weighted by atomic mass is 10.0. The fourth-order valence-corrected chi connectivity index (χ4v) is 2.46. The number of hydrogen-bond donors (Lipinski definition) is 4. The summed E-state index contributed by atoms with van der Waals surface area (Å²) in [4.78, 5) is 12.3. The molecule has 1 aromatic rings. The first-order chi connectivity index (χ1) is 11.4. The van der Waals surface area contributed by atoms with Gasteiger partial charge < -0.3 is 25.2 Å². The Kier molecular flexibility index (Phi) is 6.00. The van der Waals surface area contributed by atoms with Gasteiger partial charge in [-0.25, -0.2) is 4.79 Å². The van der Waals surface area contributed by atoms with Crippen molar-refractivity contribution in [3.8, 4) is 11.5 Å². The van der Waals surface area contributed by atoms with Crippen LogP contribution in [0.15, 0.2) is 30.4 Å². The summed E-state index contributed by atoms with van der Waals surface area (Å²) in [6.45, 7) is 1.68. The van der Waals surface area contributed by atoms with Crippen molar-refractivity contribution in [3.05, 3.63) is 41.5 Å². The third kappa shape index (κ3) is 4.59. The number of ether oxygens (including phenoxy) is 1. The molecule has 0 saturated carbocycles. The van der Waals surface area contributed by atoms with Crippen LogP contribution in [0.25, 0.3) is 6.08 Å². The second-order valence-corrected chi connectivity index (χ2v) is 5.85. The number of phenolic OH excluding ortho intramolecular Hbond substituents is 2. The van der Waals surface area contributed by atoms with E-state index in [4.69, 9.17) is 4.74 Å². The topological polar surface area (TPSA) is 107 Å². The van der Waals surface area contributed by atoms with Gasteiger partial charge in [0.1, 0.15) is 23.2 Å². The highest BCUT2D eigenvalue weighted by Crippen LogP contribution is 2.29. The third-order valence-electron chi connectivity index (χ3n) is 3.77. The monoisotopic (exact) mass is 334 g/mol. The first-order valence-corrected chi connectivity index (χ1v) is 7.84. The molecule has 0 aliphatic carbocycles. The van der Waals surface area contributed by atoms with Gasteiger partial charge in [-0.1, -0.05) is 24.3 Å². The molecule has 0 unspecified atom stereocenters. The molecule has 0 aromatic heterocycles. The Morgan fingerprint density at radius 2 is 1.92 bits per heavy atom. The highest BCUT2D eigenvalue weighted by Gasteiger charge is 2.20. The molecule has 0 radical (unpaired) electrons. The quantitative estimate of drug-likeness (QED) is 0.428. The van der Waals surface area contributed by atoms with Crippen LogP contribution in [0.3, 0.4) is 0 Å². The number of aliphatic hydroxyl groups is 2. The van der Waals surface area contributed by atoms with E-state index in [1.54, 1.807) is 25.2 Å². The molecule has 3 atom stereocenters. The standard InChI is InChI=1S/C18H22O6/c1-11-5-4-8-15(21)14(20)7-3-2-6-12-9-13(19)10-16(22)17(12)18(23)24-11/h2,4,6,8-11,14-15,19-22H,3,5,7H2,1H3/t11-,14+,15-/m0/s1. The molecule has 0 fully saturated rings. The number of aliphatic hydroxyl groups excluding tert-OH is 2. The maximum absolute atomic E-state index is 12.3. The van der Waals surface area contributed by atoms with Crippen LogP contribution < -0.4 is 0 Å². The van der Waals surface area contributed by atoms with Crippen molar-refractivity contribution in [2.75, 3.05) is 0 Å². The number of carbonyl (C=O) groups is 1. The van der Waals surface area contributed by atoms with E-state index in [-0.39, 0.29) is 17.1 Å². The van der Waals surface area contributed by atoms with E-state index in [1.807, 2.05) is 0 Å². The number of rotatable bonds is 0. The number of esters is 1. The van der Waals surface area contributed by atoms with Gasteiger partial charge in [-0.3, -0.25) is 0 Å². The van der Waals surface area contributed by atoms with Gasteiger partial charge in [0.15, 0.2) is 0 Å².